The molecule has 2 N–H and O–H groups in total. The van der Waals surface area contributed by atoms with Crippen LogP contribution in [0.25, 0.3) is 0 Å². The number of halogens is 1. The number of nitrogens with one attached hydrogen (secondary N) is 2. The summed E-state index contributed by atoms with van der Waals surface area (Å²) in [6.07, 6.45) is 0.404. The van der Waals surface area contributed by atoms with Crippen molar-refractivity contribution in [2.24, 2.45) is 0 Å². The number of hydrogen-bond donors (Lipinski definition) is 2. The standard InChI is InChI=1S/C12H15FN2O2/c1-2-11(16)14-7-8-15-12(17)9-5-3-4-6-10(9)13/h3-6H,2,7-8H2,1H3,(H,14,16)(H,15,17). The number of benzene rings is 1. The van der Waals surface area contributed by atoms with Crippen molar-refractivity contribution >= 4 is 11.8 Å². The van der Waals surface area contributed by atoms with Crippen LogP contribution in [0.5, 0.6) is 0 Å². The number of hydrogen-bond acceptors (Lipinski definition) is 2. The zero-order chi connectivity index (χ0) is 12.7. The van der Waals surface area contributed by atoms with Crippen LogP contribution in [0.4, 0.5) is 4.39 Å². The van der Waals surface area contributed by atoms with Gasteiger partial charge in [0.05, 0.1) is 5.56 Å². The lowest BCUT2D eigenvalue weighted by Crippen LogP contribution is -2.34. The Morgan fingerprint density at radius 3 is 2.47 bits per heavy atom. The Bertz CT molecular complexity index is 407. The lowest BCUT2D eigenvalue weighted by molar-refractivity contribution is -0.120. The van der Waals surface area contributed by atoms with Gasteiger partial charge in [-0.2, -0.15) is 0 Å². The minimum Gasteiger partial charge on any atom is -0.354 e. The van der Waals surface area contributed by atoms with E-state index >= 15 is 0 Å². The monoisotopic (exact) mass is 238 g/mol. The third kappa shape index (κ3) is 4.22. The molecule has 17 heavy (non-hydrogen) atoms. The molecule has 0 saturated heterocycles. The highest BCUT2D eigenvalue weighted by molar-refractivity contribution is 5.94. The Balaban J connectivity index is 2.36. The summed E-state index contributed by atoms with van der Waals surface area (Å²) < 4.78 is 13.2. The van der Waals surface area contributed by atoms with E-state index in [9.17, 15) is 14.0 Å². The lowest BCUT2D eigenvalue weighted by Gasteiger charge is -2.06. The molecule has 92 valence electrons. The molecule has 5 heteroatoms. The number of amides is 2. The molecule has 0 heterocycles. The smallest absolute Gasteiger partial charge is 0.254 e. The highest BCUT2D eigenvalue weighted by Gasteiger charge is 2.09. The van der Waals surface area contributed by atoms with Crippen LogP contribution in [0.3, 0.4) is 0 Å². The van der Waals surface area contributed by atoms with E-state index in [0.29, 0.717) is 13.0 Å². The molecule has 0 aromatic heterocycles. The molecule has 1 aromatic rings. The number of carbonyl (C=O) groups excluding carboxylic acids is 2. The highest BCUT2D eigenvalue weighted by Crippen LogP contribution is 2.05. The lowest BCUT2D eigenvalue weighted by atomic mass is 10.2. The summed E-state index contributed by atoms with van der Waals surface area (Å²) in [6.45, 7) is 2.36. The minimum atomic E-state index is -0.553. The molecule has 0 aliphatic heterocycles. The maximum atomic E-state index is 13.2. The van der Waals surface area contributed by atoms with E-state index in [4.69, 9.17) is 0 Å². The first-order valence-corrected chi connectivity index (χ1v) is 5.44. The fraction of sp³-hybridized carbons (Fsp3) is 0.333. The SMILES string of the molecule is CCC(=O)NCCNC(=O)c1ccccc1F. The zero-order valence-electron chi connectivity index (χ0n) is 9.63. The summed E-state index contributed by atoms with van der Waals surface area (Å²) in [5.41, 5.74) is 0.00863. The van der Waals surface area contributed by atoms with E-state index in [0.717, 1.165) is 0 Å². The molecular formula is C12H15FN2O2. The van der Waals surface area contributed by atoms with Gasteiger partial charge in [-0.1, -0.05) is 19.1 Å². The van der Waals surface area contributed by atoms with Gasteiger partial charge in [-0.25, -0.2) is 4.39 Å². The van der Waals surface area contributed by atoms with Crippen molar-refractivity contribution in [1.29, 1.82) is 0 Å². The van der Waals surface area contributed by atoms with Crippen molar-refractivity contribution in [3.05, 3.63) is 35.6 Å². The fourth-order valence-electron chi connectivity index (χ4n) is 1.24. The molecule has 0 bridgehead atoms. The molecule has 0 atom stereocenters. The molecule has 1 aromatic carbocycles. The maximum absolute atomic E-state index is 13.2. The van der Waals surface area contributed by atoms with Crippen LogP contribution in [0.15, 0.2) is 24.3 Å². The second-order valence-corrected chi connectivity index (χ2v) is 3.44. The van der Waals surface area contributed by atoms with E-state index < -0.39 is 11.7 Å². The van der Waals surface area contributed by atoms with Crippen LogP contribution in [0, 0.1) is 5.82 Å². The second-order valence-electron chi connectivity index (χ2n) is 3.44. The van der Waals surface area contributed by atoms with Gasteiger partial charge < -0.3 is 10.6 Å². The molecule has 0 aliphatic carbocycles. The third-order valence-electron chi connectivity index (χ3n) is 2.17. The Labute approximate surface area is 99.2 Å². The summed E-state index contributed by atoms with van der Waals surface area (Å²) in [6, 6.07) is 5.76. The number of rotatable bonds is 5. The summed E-state index contributed by atoms with van der Waals surface area (Å²) in [5, 5.41) is 5.13. The zero-order valence-corrected chi connectivity index (χ0v) is 9.63. The first-order chi connectivity index (χ1) is 8.15. The normalized spacial score (nSPS) is 9.76. The summed E-state index contributed by atoms with van der Waals surface area (Å²) in [7, 11) is 0. The maximum Gasteiger partial charge on any atom is 0.254 e. The molecular weight excluding hydrogens is 223 g/mol. The van der Waals surface area contributed by atoms with E-state index in [1.165, 1.54) is 18.2 Å². The molecule has 0 spiro atoms. The predicted molar refractivity (Wildman–Crippen MR) is 62.0 cm³/mol. The van der Waals surface area contributed by atoms with Crippen LogP contribution in [0.2, 0.25) is 0 Å². The van der Waals surface area contributed by atoms with Crippen molar-refractivity contribution in [3.8, 4) is 0 Å². The average molecular weight is 238 g/mol. The molecule has 4 nitrogen and oxygen atoms in total. The molecule has 0 radical (unpaired) electrons. The van der Waals surface area contributed by atoms with Gasteiger partial charge in [-0.3, -0.25) is 9.59 Å². The van der Waals surface area contributed by atoms with Crippen LogP contribution < -0.4 is 10.6 Å². The quantitative estimate of drug-likeness (QED) is 0.754. The molecule has 0 fully saturated rings. The molecule has 2 amide bonds. The highest BCUT2D eigenvalue weighted by atomic mass is 19.1. The van der Waals surface area contributed by atoms with Crippen LogP contribution in [-0.4, -0.2) is 24.9 Å². The van der Waals surface area contributed by atoms with Gasteiger partial charge in [-0.05, 0) is 12.1 Å². The van der Waals surface area contributed by atoms with E-state index in [1.54, 1.807) is 13.0 Å². The average Bonchev–Trinajstić information content (AvgIpc) is 2.34. The summed E-state index contributed by atoms with van der Waals surface area (Å²) in [4.78, 5) is 22.4. The third-order valence-corrected chi connectivity index (χ3v) is 2.17. The minimum absolute atomic E-state index is 0.00863. The summed E-state index contributed by atoms with van der Waals surface area (Å²) >= 11 is 0. The van der Waals surface area contributed by atoms with Gasteiger partial charge >= 0.3 is 0 Å². The molecule has 1 rings (SSSR count). The first kappa shape index (κ1) is 13.2. The van der Waals surface area contributed by atoms with Gasteiger partial charge in [0.2, 0.25) is 5.91 Å². The summed E-state index contributed by atoms with van der Waals surface area (Å²) in [5.74, 6) is -1.11. The van der Waals surface area contributed by atoms with Gasteiger partial charge in [-0.15, -0.1) is 0 Å². The molecule has 0 saturated carbocycles. The van der Waals surface area contributed by atoms with Gasteiger partial charge in [0.15, 0.2) is 0 Å². The van der Waals surface area contributed by atoms with Crippen LogP contribution in [-0.2, 0) is 4.79 Å². The van der Waals surface area contributed by atoms with Crippen LogP contribution in [0.1, 0.15) is 23.7 Å². The molecule has 0 aliphatic rings. The Kier molecular flexibility index (Phi) is 5.13. The largest absolute Gasteiger partial charge is 0.354 e. The van der Waals surface area contributed by atoms with Crippen molar-refractivity contribution in [2.45, 2.75) is 13.3 Å². The van der Waals surface area contributed by atoms with Gasteiger partial charge in [0.1, 0.15) is 5.82 Å². The van der Waals surface area contributed by atoms with Crippen molar-refractivity contribution in [3.63, 3.8) is 0 Å². The first-order valence-electron chi connectivity index (χ1n) is 5.44. The Morgan fingerprint density at radius 2 is 1.82 bits per heavy atom. The predicted octanol–water partition coefficient (Wildman–Crippen LogP) is 1.08. The van der Waals surface area contributed by atoms with Gasteiger partial charge in [0.25, 0.3) is 5.91 Å². The van der Waals surface area contributed by atoms with E-state index in [-0.39, 0.29) is 18.0 Å². The van der Waals surface area contributed by atoms with E-state index in [2.05, 4.69) is 10.6 Å². The second kappa shape index (κ2) is 6.62. The van der Waals surface area contributed by atoms with Crippen molar-refractivity contribution < 1.29 is 14.0 Å². The Hall–Kier alpha value is -1.91. The number of carbonyl (C=O) groups is 2. The van der Waals surface area contributed by atoms with Gasteiger partial charge in [0, 0.05) is 19.5 Å². The fourth-order valence-corrected chi connectivity index (χ4v) is 1.24. The van der Waals surface area contributed by atoms with E-state index in [1.807, 2.05) is 0 Å². The molecule has 0 unspecified atom stereocenters. The van der Waals surface area contributed by atoms with Crippen molar-refractivity contribution in [2.75, 3.05) is 13.1 Å². The topological polar surface area (TPSA) is 58.2 Å². The Morgan fingerprint density at radius 1 is 1.18 bits per heavy atom. The van der Waals surface area contributed by atoms with Crippen molar-refractivity contribution in [1.82, 2.24) is 10.6 Å². The van der Waals surface area contributed by atoms with Crippen LogP contribution >= 0.6 is 0 Å².